The number of alkyl halides is 3. The van der Waals surface area contributed by atoms with Gasteiger partial charge in [0.15, 0.2) is 11.5 Å². The van der Waals surface area contributed by atoms with Crippen molar-refractivity contribution in [3.63, 3.8) is 0 Å². The van der Waals surface area contributed by atoms with Crippen molar-refractivity contribution in [2.75, 3.05) is 11.9 Å². The van der Waals surface area contributed by atoms with Gasteiger partial charge in [-0.1, -0.05) is 11.6 Å². The fraction of sp³-hybridized carbons (Fsp3) is 0.190. The molecular weight excluding hydrogens is 445 g/mol. The van der Waals surface area contributed by atoms with E-state index in [1.54, 1.807) is 30.5 Å². The Balaban J connectivity index is 1.75. The van der Waals surface area contributed by atoms with Gasteiger partial charge in [0, 0.05) is 12.8 Å². The van der Waals surface area contributed by atoms with E-state index in [2.05, 4.69) is 30.2 Å². The van der Waals surface area contributed by atoms with Crippen LogP contribution in [0.3, 0.4) is 0 Å². The average molecular weight is 461 g/mol. The SMILES string of the molecule is CCOCc1nc(Nc2ccc(C(F)(F)F)nc2)c2ccc(-c3ncccc3Cl)nc2n1. The minimum absolute atomic E-state index is 0.142. The van der Waals surface area contributed by atoms with E-state index in [9.17, 15) is 13.2 Å². The number of ether oxygens (including phenoxy) is 1. The quantitative estimate of drug-likeness (QED) is 0.410. The standard InChI is InChI=1S/C21H16ClF3N6O/c1-2-32-11-17-30-19(28-12-5-8-16(27-10-12)21(23,24)25)13-6-7-15(29-20(13)31-17)18-14(22)4-3-9-26-18/h3-10H,2,11H2,1H3,(H,28,29,30,31). The Morgan fingerprint density at radius 2 is 1.88 bits per heavy atom. The van der Waals surface area contributed by atoms with Gasteiger partial charge in [0.2, 0.25) is 0 Å². The molecular formula is C21H16ClF3N6O. The molecule has 1 N–H and O–H groups in total. The van der Waals surface area contributed by atoms with E-state index in [0.29, 0.717) is 51.4 Å². The summed E-state index contributed by atoms with van der Waals surface area (Å²) in [7, 11) is 0. The Kier molecular flexibility index (Phi) is 6.15. The summed E-state index contributed by atoms with van der Waals surface area (Å²) in [5.41, 5.74) is 0.730. The van der Waals surface area contributed by atoms with Crippen LogP contribution in [-0.4, -0.2) is 31.5 Å². The van der Waals surface area contributed by atoms with Crippen molar-refractivity contribution in [2.45, 2.75) is 19.7 Å². The summed E-state index contributed by atoms with van der Waals surface area (Å²) >= 11 is 6.24. The number of aromatic nitrogens is 5. The summed E-state index contributed by atoms with van der Waals surface area (Å²) in [6.45, 7) is 2.44. The third-order valence-electron chi connectivity index (χ3n) is 4.36. The van der Waals surface area contributed by atoms with Gasteiger partial charge in [0.1, 0.15) is 23.8 Å². The number of fused-ring (bicyclic) bond motifs is 1. The summed E-state index contributed by atoms with van der Waals surface area (Å²) in [5, 5.41) is 3.99. The molecule has 0 bridgehead atoms. The maximum Gasteiger partial charge on any atom is 0.433 e. The van der Waals surface area contributed by atoms with Crippen molar-refractivity contribution in [1.82, 2.24) is 24.9 Å². The second-order valence-electron chi connectivity index (χ2n) is 6.58. The smallest absolute Gasteiger partial charge is 0.374 e. The second-order valence-corrected chi connectivity index (χ2v) is 6.99. The van der Waals surface area contributed by atoms with Crippen molar-refractivity contribution in [3.8, 4) is 11.4 Å². The lowest BCUT2D eigenvalue weighted by Crippen LogP contribution is -2.08. The van der Waals surface area contributed by atoms with Crippen LogP contribution in [0.25, 0.3) is 22.4 Å². The molecule has 11 heteroatoms. The van der Waals surface area contributed by atoms with E-state index in [0.717, 1.165) is 12.3 Å². The van der Waals surface area contributed by atoms with Gasteiger partial charge in [-0.25, -0.2) is 19.9 Å². The zero-order chi connectivity index (χ0) is 22.7. The van der Waals surface area contributed by atoms with E-state index in [4.69, 9.17) is 16.3 Å². The van der Waals surface area contributed by atoms with Gasteiger partial charge in [-0.2, -0.15) is 13.2 Å². The molecule has 4 heterocycles. The van der Waals surface area contributed by atoms with Crippen LogP contribution in [-0.2, 0) is 17.5 Å². The highest BCUT2D eigenvalue weighted by Crippen LogP contribution is 2.30. The number of hydrogen-bond acceptors (Lipinski definition) is 7. The molecule has 164 valence electrons. The lowest BCUT2D eigenvalue weighted by molar-refractivity contribution is -0.141. The summed E-state index contributed by atoms with van der Waals surface area (Å²) in [5.74, 6) is 0.718. The Labute approximate surface area is 185 Å². The maximum atomic E-state index is 12.8. The Morgan fingerprint density at radius 1 is 1.03 bits per heavy atom. The molecule has 0 saturated heterocycles. The largest absolute Gasteiger partial charge is 0.433 e. The number of halogens is 4. The van der Waals surface area contributed by atoms with Gasteiger partial charge in [-0.3, -0.25) is 4.98 Å². The molecule has 32 heavy (non-hydrogen) atoms. The molecule has 4 aromatic heterocycles. The van der Waals surface area contributed by atoms with Gasteiger partial charge in [-0.15, -0.1) is 0 Å². The molecule has 0 spiro atoms. The highest BCUT2D eigenvalue weighted by Gasteiger charge is 2.32. The van der Waals surface area contributed by atoms with Crippen LogP contribution in [0.4, 0.5) is 24.7 Å². The fourth-order valence-corrected chi connectivity index (χ4v) is 3.10. The molecule has 0 saturated carbocycles. The zero-order valence-corrected chi connectivity index (χ0v) is 17.4. The molecule has 0 fully saturated rings. The lowest BCUT2D eigenvalue weighted by atomic mass is 10.2. The zero-order valence-electron chi connectivity index (χ0n) is 16.7. The van der Waals surface area contributed by atoms with Crippen molar-refractivity contribution in [3.05, 3.63) is 65.3 Å². The van der Waals surface area contributed by atoms with Crippen molar-refractivity contribution < 1.29 is 17.9 Å². The van der Waals surface area contributed by atoms with E-state index < -0.39 is 11.9 Å². The van der Waals surface area contributed by atoms with E-state index in [-0.39, 0.29) is 6.61 Å². The van der Waals surface area contributed by atoms with E-state index in [1.165, 1.54) is 6.07 Å². The molecule has 0 radical (unpaired) electrons. The number of nitrogens with one attached hydrogen (secondary N) is 1. The van der Waals surface area contributed by atoms with Gasteiger partial charge in [-0.05, 0) is 43.3 Å². The number of hydrogen-bond donors (Lipinski definition) is 1. The number of anilines is 2. The molecule has 0 aromatic carbocycles. The highest BCUT2D eigenvalue weighted by molar-refractivity contribution is 6.32. The molecule has 0 amide bonds. The molecule has 4 aromatic rings. The van der Waals surface area contributed by atoms with Gasteiger partial charge >= 0.3 is 6.18 Å². The summed E-state index contributed by atoms with van der Waals surface area (Å²) in [6.07, 6.45) is -1.81. The average Bonchev–Trinajstić information content (AvgIpc) is 2.77. The van der Waals surface area contributed by atoms with Crippen LogP contribution in [0, 0.1) is 0 Å². The monoisotopic (exact) mass is 460 g/mol. The summed E-state index contributed by atoms with van der Waals surface area (Å²) in [6, 6.07) is 9.06. The first kappa shape index (κ1) is 21.8. The van der Waals surface area contributed by atoms with Crippen LogP contribution >= 0.6 is 11.6 Å². The molecule has 7 nitrogen and oxygen atoms in total. The molecule has 0 aliphatic carbocycles. The minimum Gasteiger partial charge on any atom is -0.374 e. The number of pyridine rings is 3. The first-order chi connectivity index (χ1) is 15.3. The van der Waals surface area contributed by atoms with Crippen LogP contribution in [0.1, 0.15) is 18.4 Å². The van der Waals surface area contributed by atoms with E-state index >= 15 is 0 Å². The predicted molar refractivity (Wildman–Crippen MR) is 113 cm³/mol. The first-order valence-electron chi connectivity index (χ1n) is 9.51. The Morgan fingerprint density at radius 3 is 2.56 bits per heavy atom. The van der Waals surface area contributed by atoms with Gasteiger partial charge < -0.3 is 10.1 Å². The third kappa shape index (κ3) is 4.76. The second kappa shape index (κ2) is 9.01. The Bertz CT molecular complexity index is 1250. The first-order valence-corrected chi connectivity index (χ1v) is 9.89. The molecule has 0 atom stereocenters. The molecule has 0 unspecified atom stereocenters. The number of nitrogens with zero attached hydrogens (tertiary/aromatic N) is 5. The maximum absolute atomic E-state index is 12.8. The van der Waals surface area contributed by atoms with Crippen LogP contribution in [0.5, 0.6) is 0 Å². The summed E-state index contributed by atoms with van der Waals surface area (Å²) in [4.78, 5) is 21.2. The van der Waals surface area contributed by atoms with Crippen LogP contribution < -0.4 is 5.32 Å². The fourth-order valence-electron chi connectivity index (χ4n) is 2.89. The Hall–Kier alpha value is -3.37. The normalized spacial score (nSPS) is 11.7. The van der Waals surface area contributed by atoms with Crippen LogP contribution in [0.15, 0.2) is 48.8 Å². The molecule has 0 aliphatic heterocycles. The lowest BCUT2D eigenvalue weighted by Gasteiger charge is -2.12. The topological polar surface area (TPSA) is 85.7 Å². The minimum atomic E-state index is -4.52. The molecule has 0 aliphatic rings. The highest BCUT2D eigenvalue weighted by atomic mass is 35.5. The van der Waals surface area contributed by atoms with Crippen molar-refractivity contribution in [2.24, 2.45) is 0 Å². The number of rotatable bonds is 6. The van der Waals surface area contributed by atoms with E-state index in [1.807, 2.05) is 6.92 Å². The van der Waals surface area contributed by atoms with Gasteiger partial charge in [0.05, 0.1) is 28.0 Å². The van der Waals surface area contributed by atoms with Gasteiger partial charge in [0.25, 0.3) is 0 Å². The van der Waals surface area contributed by atoms with Crippen molar-refractivity contribution >= 4 is 34.1 Å². The third-order valence-corrected chi connectivity index (χ3v) is 4.66. The van der Waals surface area contributed by atoms with Crippen LogP contribution in [0.2, 0.25) is 5.02 Å². The predicted octanol–water partition coefficient (Wildman–Crippen LogP) is 5.43. The summed E-state index contributed by atoms with van der Waals surface area (Å²) < 4.78 is 43.8. The molecule has 4 rings (SSSR count). The van der Waals surface area contributed by atoms with Crippen molar-refractivity contribution in [1.29, 1.82) is 0 Å².